The van der Waals surface area contributed by atoms with Crippen LogP contribution in [0, 0.1) is 19.7 Å². The van der Waals surface area contributed by atoms with Gasteiger partial charge in [0.05, 0.1) is 29.2 Å². The zero-order valence-corrected chi connectivity index (χ0v) is 15.6. The molecule has 1 N–H and O–H groups in total. The van der Waals surface area contributed by atoms with E-state index in [0.717, 1.165) is 11.4 Å². The molecule has 1 aromatic heterocycles. The van der Waals surface area contributed by atoms with Crippen LogP contribution in [-0.4, -0.2) is 28.3 Å². The maximum atomic E-state index is 13.2. The van der Waals surface area contributed by atoms with Crippen molar-refractivity contribution >= 4 is 17.6 Å². The maximum Gasteiger partial charge on any atom is 0.310 e. The molecule has 0 aliphatic carbocycles. The van der Waals surface area contributed by atoms with E-state index in [1.54, 1.807) is 17.7 Å². The number of carbonyl (C=O) groups excluding carboxylic acids is 2. The minimum Gasteiger partial charge on any atom is -0.455 e. The van der Waals surface area contributed by atoms with Crippen molar-refractivity contribution in [3.8, 4) is 5.69 Å². The van der Waals surface area contributed by atoms with Crippen molar-refractivity contribution in [3.05, 3.63) is 77.4 Å². The van der Waals surface area contributed by atoms with E-state index in [1.165, 1.54) is 18.2 Å². The molecule has 3 rings (SSSR count). The summed E-state index contributed by atoms with van der Waals surface area (Å²) in [5, 5.41) is 7.19. The van der Waals surface area contributed by atoms with Gasteiger partial charge in [-0.05, 0) is 43.7 Å². The van der Waals surface area contributed by atoms with E-state index >= 15 is 0 Å². The third kappa shape index (κ3) is 4.62. The van der Waals surface area contributed by atoms with Crippen LogP contribution < -0.4 is 5.32 Å². The van der Waals surface area contributed by atoms with Gasteiger partial charge in [0.1, 0.15) is 5.82 Å². The molecule has 2 aromatic carbocycles. The predicted octanol–water partition coefficient (Wildman–Crippen LogP) is 3.35. The second-order valence-electron chi connectivity index (χ2n) is 6.31. The van der Waals surface area contributed by atoms with Crippen molar-refractivity contribution in [1.29, 1.82) is 0 Å². The van der Waals surface area contributed by atoms with Crippen LogP contribution in [0.1, 0.15) is 17.0 Å². The molecular formula is C21H20FN3O3. The number of halogens is 1. The van der Waals surface area contributed by atoms with Crippen LogP contribution in [0.3, 0.4) is 0 Å². The molecule has 0 aliphatic rings. The first-order chi connectivity index (χ1) is 13.4. The molecule has 1 heterocycles. The Labute approximate surface area is 161 Å². The first-order valence-electron chi connectivity index (χ1n) is 8.75. The van der Waals surface area contributed by atoms with Gasteiger partial charge in [-0.1, -0.05) is 30.3 Å². The number of nitrogens with one attached hydrogen (secondary N) is 1. The highest BCUT2D eigenvalue weighted by Crippen LogP contribution is 2.22. The summed E-state index contributed by atoms with van der Waals surface area (Å²) >= 11 is 0. The minimum atomic E-state index is -0.603. The number of amides is 1. The first-order valence-corrected chi connectivity index (χ1v) is 8.75. The second kappa shape index (κ2) is 8.47. The molecule has 0 saturated heterocycles. The summed E-state index contributed by atoms with van der Waals surface area (Å²) in [7, 11) is 0. The highest BCUT2D eigenvalue weighted by Gasteiger charge is 2.16. The summed E-state index contributed by atoms with van der Waals surface area (Å²) in [6.07, 6.45) is -0.102. The molecular weight excluding hydrogens is 361 g/mol. The summed E-state index contributed by atoms with van der Waals surface area (Å²) in [6.45, 7) is 3.21. The van der Waals surface area contributed by atoms with Gasteiger partial charge in [0.25, 0.3) is 5.91 Å². The number of para-hydroxylation sites is 1. The van der Waals surface area contributed by atoms with Gasteiger partial charge in [-0.2, -0.15) is 5.10 Å². The van der Waals surface area contributed by atoms with Gasteiger partial charge in [0.15, 0.2) is 6.61 Å². The Hall–Kier alpha value is -3.48. The quantitative estimate of drug-likeness (QED) is 0.665. The van der Waals surface area contributed by atoms with E-state index in [0.29, 0.717) is 16.9 Å². The van der Waals surface area contributed by atoms with Gasteiger partial charge < -0.3 is 10.1 Å². The van der Waals surface area contributed by atoms with Gasteiger partial charge >= 0.3 is 5.97 Å². The van der Waals surface area contributed by atoms with E-state index in [-0.39, 0.29) is 6.42 Å². The Morgan fingerprint density at radius 3 is 2.57 bits per heavy atom. The van der Waals surface area contributed by atoms with E-state index in [4.69, 9.17) is 4.74 Å². The molecule has 3 aromatic rings. The molecule has 28 heavy (non-hydrogen) atoms. The van der Waals surface area contributed by atoms with Crippen LogP contribution >= 0.6 is 0 Å². The number of hydrogen-bond acceptors (Lipinski definition) is 4. The summed E-state index contributed by atoms with van der Waals surface area (Å²) in [5.74, 6) is -1.50. The number of rotatable bonds is 6. The largest absolute Gasteiger partial charge is 0.455 e. The Bertz CT molecular complexity index is 999. The monoisotopic (exact) mass is 381 g/mol. The third-order valence-electron chi connectivity index (χ3n) is 4.16. The van der Waals surface area contributed by atoms with E-state index < -0.39 is 24.3 Å². The number of ether oxygens (including phenoxy) is 1. The molecule has 0 saturated carbocycles. The lowest BCUT2D eigenvalue weighted by molar-refractivity contribution is -0.146. The Morgan fingerprint density at radius 2 is 1.86 bits per heavy atom. The lowest BCUT2D eigenvalue weighted by Crippen LogP contribution is -2.22. The molecule has 0 fully saturated rings. The molecule has 0 aliphatic heterocycles. The van der Waals surface area contributed by atoms with Crippen molar-refractivity contribution in [2.75, 3.05) is 11.9 Å². The lowest BCUT2D eigenvalue weighted by atomic mass is 10.1. The second-order valence-corrected chi connectivity index (χ2v) is 6.31. The topological polar surface area (TPSA) is 73.2 Å². The van der Waals surface area contributed by atoms with Crippen LogP contribution in [0.5, 0.6) is 0 Å². The molecule has 0 atom stereocenters. The van der Waals surface area contributed by atoms with Gasteiger partial charge in [-0.15, -0.1) is 0 Å². The third-order valence-corrected chi connectivity index (χ3v) is 4.16. The molecule has 0 bridgehead atoms. The van der Waals surface area contributed by atoms with Crippen LogP contribution in [0.2, 0.25) is 0 Å². The number of esters is 1. The van der Waals surface area contributed by atoms with E-state index in [9.17, 15) is 14.0 Å². The zero-order chi connectivity index (χ0) is 20.1. The SMILES string of the molecule is Cc1nn(-c2ccccc2)c(C)c1NC(=O)COC(=O)Cc1cccc(F)c1. The average Bonchev–Trinajstić information content (AvgIpc) is 2.95. The Morgan fingerprint density at radius 1 is 1.11 bits per heavy atom. The average molecular weight is 381 g/mol. The van der Waals surface area contributed by atoms with Crippen molar-refractivity contribution in [2.45, 2.75) is 20.3 Å². The minimum absolute atomic E-state index is 0.102. The highest BCUT2D eigenvalue weighted by molar-refractivity contribution is 5.94. The number of aryl methyl sites for hydroxylation is 1. The molecule has 144 valence electrons. The number of nitrogens with zero attached hydrogens (tertiary/aromatic N) is 2. The van der Waals surface area contributed by atoms with Crippen molar-refractivity contribution in [1.82, 2.24) is 9.78 Å². The fourth-order valence-electron chi connectivity index (χ4n) is 2.83. The number of benzene rings is 2. The van der Waals surface area contributed by atoms with Gasteiger partial charge in [0, 0.05) is 0 Å². The van der Waals surface area contributed by atoms with Crippen molar-refractivity contribution in [2.24, 2.45) is 0 Å². The zero-order valence-electron chi connectivity index (χ0n) is 15.6. The first kappa shape index (κ1) is 19.3. The predicted molar refractivity (Wildman–Crippen MR) is 103 cm³/mol. The highest BCUT2D eigenvalue weighted by atomic mass is 19.1. The van der Waals surface area contributed by atoms with Crippen LogP contribution in [0.15, 0.2) is 54.6 Å². The summed E-state index contributed by atoms with van der Waals surface area (Å²) < 4.78 is 19.9. The molecule has 0 unspecified atom stereocenters. The number of aromatic nitrogens is 2. The molecule has 0 radical (unpaired) electrons. The van der Waals surface area contributed by atoms with E-state index in [1.807, 2.05) is 37.3 Å². The molecule has 7 heteroatoms. The van der Waals surface area contributed by atoms with Crippen LogP contribution in [0.25, 0.3) is 5.69 Å². The molecule has 1 amide bonds. The maximum absolute atomic E-state index is 13.2. The standard InChI is InChI=1S/C21H20FN3O3/c1-14-21(15(2)25(24-14)18-9-4-3-5-10-18)23-19(26)13-28-20(27)12-16-7-6-8-17(22)11-16/h3-11H,12-13H2,1-2H3,(H,23,26). The van der Waals surface area contributed by atoms with E-state index in [2.05, 4.69) is 10.4 Å². The summed E-state index contributed by atoms with van der Waals surface area (Å²) in [6, 6.07) is 15.2. The van der Waals surface area contributed by atoms with Crippen LogP contribution in [0.4, 0.5) is 10.1 Å². The summed E-state index contributed by atoms with van der Waals surface area (Å²) in [5.41, 5.74) is 3.37. The number of carbonyl (C=O) groups is 2. The normalized spacial score (nSPS) is 10.5. The molecule has 6 nitrogen and oxygen atoms in total. The van der Waals surface area contributed by atoms with Crippen LogP contribution in [-0.2, 0) is 20.7 Å². The van der Waals surface area contributed by atoms with Crippen molar-refractivity contribution < 1.29 is 18.7 Å². The van der Waals surface area contributed by atoms with Gasteiger partial charge in [0.2, 0.25) is 0 Å². The van der Waals surface area contributed by atoms with Crippen molar-refractivity contribution in [3.63, 3.8) is 0 Å². The van der Waals surface area contributed by atoms with Gasteiger partial charge in [-0.3, -0.25) is 9.59 Å². The number of anilines is 1. The lowest BCUT2D eigenvalue weighted by Gasteiger charge is -2.08. The Kier molecular flexibility index (Phi) is 5.84. The number of hydrogen-bond donors (Lipinski definition) is 1. The summed E-state index contributed by atoms with van der Waals surface area (Å²) in [4.78, 5) is 24.1. The van der Waals surface area contributed by atoms with Gasteiger partial charge in [-0.25, -0.2) is 9.07 Å². The smallest absolute Gasteiger partial charge is 0.310 e. The fraction of sp³-hybridized carbons (Fsp3) is 0.190. The molecule has 0 spiro atoms. The fourth-order valence-corrected chi connectivity index (χ4v) is 2.83. The Balaban J connectivity index is 1.59.